The minimum atomic E-state index is -0.760. The van der Waals surface area contributed by atoms with Crippen molar-refractivity contribution < 1.29 is 18.7 Å². The number of hydrogen-bond acceptors (Lipinski definition) is 6. The number of carbonyl (C=O) groups is 1. The number of carbonyl (C=O) groups excluding carboxylic acids is 1. The minimum Gasteiger partial charge on any atom is -0.444 e. The highest BCUT2D eigenvalue weighted by Crippen LogP contribution is 2.46. The number of nitrogens with two attached hydrogens (primary N) is 1. The highest BCUT2D eigenvalue weighted by Gasteiger charge is 2.40. The molecule has 0 radical (unpaired) electrons. The van der Waals surface area contributed by atoms with Crippen LogP contribution in [0.5, 0.6) is 11.6 Å². The molecule has 2 aromatic carbocycles. The molecule has 3 aromatic rings. The number of nitriles is 1. The summed E-state index contributed by atoms with van der Waals surface area (Å²) in [5.74, 6) is -0.175. The van der Waals surface area contributed by atoms with Crippen molar-refractivity contribution in [2.45, 2.75) is 25.2 Å². The molecular formula is C25H18FN3O3. The molecule has 0 fully saturated rings. The molecule has 158 valence electrons. The smallest absolute Gasteiger partial charge is 0.224 e. The van der Waals surface area contributed by atoms with E-state index in [9.17, 15) is 14.4 Å². The van der Waals surface area contributed by atoms with Crippen LogP contribution in [0, 0.1) is 17.1 Å². The van der Waals surface area contributed by atoms with Gasteiger partial charge in [-0.25, -0.2) is 9.37 Å². The molecule has 6 nitrogen and oxygen atoms in total. The lowest BCUT2D eigenvalue weighted by atomic mass is 9.77. The van der Waals surface area contributed by atoms with Crippen LogP contribution >= 0.6 is 0 Å². The Hall–Kier alpha value is -4.18. The number of nitrogens with zero attached hydrogens (tertiary/aromatic N) is 2. The number of ketones is 1. The second-order valence-electron chi connectivity index (χ2n) is 7.67. The molecule has 2 heterocycles. The lowest BCUT2D eigenvalue weighted by Crippen LogP contribution is -2.27. The number of hydrogen-bond donors (Lipinski definition) is 1. The van der Waals surface area contributed by atoms with Crippen LogP contribution in [0.2, 0.25) is 0 Å². The van der Waals surface area contributed by atoms with Crippen LogP contribution < -0.4 is 10.5 Å². The van der Waals surface area contributed by atoms with Gasteiger partial charge in [0.05, 0.1) is 11.4 Å². The van der Waals surface area contributed by atoms with E-state index in [0.29, 0.717) is 47.4 Å². The van der Waals surface area contributed by atoms with Crippen molar-refractivity contribution in [3.05, 3.63) is 88.8 Å². The molecule has 32 heavy (non-hydrogen) atoms. The fourth-order valence-corrected chi connectivity index (χ4v) is 4.18. The molecule has 2 aliphatic rings. The van der Waals surface area contributed by atoms with Gasteiger partial charge in [-0.05, 0) is 42.8 Å². The molecule has 2 N–H and O–H groups in total. The maximum absolute atomic E-state index is 13.4. The quantitative estimate of drug-likeness (QED) is 0.633. The summed E-state index contributed by atoms with van der Waals surface area (Å²) in [6.45, 7) is 0. The van der Waals surface area contributed by atoms with Gasteiger partial charge in [-0.1, -0.05) is 18.2 Å². The highest BCUT2D eigenvalue weighted by molar-refractivity contribution is 5.99. The zero-order valence-electron chi connectivity index (χ0n) is 17.0. The van der Waals surface area contributed by atoms with Crippen LogP contribution in [0.4, 0.5) is 4.39 Å². The van der Waals surface area contributed by atoms with E-state index < -0.39 is 11.7 Å². The number of para-hydroxylation sites is 1. The fraction of sp³-hybridized carbons (Fsp3) is 0.160. The number of aromatic nitrogens is 1. The number of pyridine rings is 1. The van der Waals surface area contributed by atoms with E-state index in [2.05, 4.69) is 11.1 Å². The molecule has 5 rings (SSSR count). The van der Waals surface area contributed by atoms with Crippen LogP contribution in [0.3, 0.4) is 0 Å². The maximum atomic E-state index is 13.4. The van der Waals surface area contributed by atoms with Crippen LogP contribution in [-0.4, -0.2) is 10.8 Å². The first-order valence-electron chi connectivity index (χ1n) is 10.2. The van der Waals surface area contributed by atoms with Gasteiger partial charge >= 0.3 is 0 Å². The van der Waals surface area contributed by atoms with E-state index in [0.717, 1.165) is 5.39 Å². The monoisotopic (exact) mass is 427 g/mol. The zero-order chi connectivity index (χ0) is 22.2. The minimum absolute atomic E-state index is 0.0214. The van der Waals surface area contributed by atoms with Crippen molar-refractivity contribution in [1.82, 2.24) is 4.98 Å². The number of fused-ring (bicyclic) bond motifs is 1. The average molecular weight is 427 g/mol. The van der Waals surface area contributed by atoms with Crippen molar-refractivity contribution in [2.75, 3.05) is 0 Å². The summed E-state index contributed by atoms with van der Waals surface area (Å²) in [4.78, 5) is 17.6. The Kier molecular flexibility index (Phi) is 4.83. The number of Topliss-reactive ketones (excluding diaryl/α,β-unsaturated/α-hetero) is 1. The van der Waals surface area contributed by atoms with E-state index in [1.807, 2.05) is 30.3 Å². The zero-order valence-corrected chi connectivity index (χ0v) is 17.0. The van der Waals surface area contributed by atoms with E-state index in [1.165, 1.54) is 24.3 Å². The second-order valence-corrected chi connectivity index (χ2v) is 7.67. The average Bonchev–Trinajstić information content (AvgIpc) is 2.79. The van der Waals surface area contributed by atoms with Gasteiger partial charge in [0, 0.05) is 29.4 Å². The molecule has 1 aliphatic carbocycles. The fourth-order valence-electron chi connectivity index (χ4n) is 4.18. The van der Waals surface area contributed by atoms with Gasteiger partial charge < -0.3 is 15.2 Å². The standard InChI is InChI=1S/C25H18FN3O3/c26-15-8-10-16(11-9-15)31-25-17(12-14-4-1-2-5-19(14)29-25)22-18(13-27)24(28)32-21-7-3-6-20(30)23(21)22/h1-2,4-5,8-12,22H,3,6-7,28H2. The number of halogens is 1. The van der Waals surface area contributed by atoms with Crippen molar-refractivity contribution in [2.24, 2.45) is 5.73 Å². The summed E-state index contributed by atoms with van der Waals surface area (Å²) in [5, 5.41) is 10.7. The van der Waals surface area contributed by atoms with E-state index in [-0.39, 0.29) is 23.1 Å². The number of rotatable bonds is 3. The first-order valence-corrected chi connectivity index (χ1v) is 10.2. The molecule has 0 saturated carbocycles. The molecule has 1 aliphatic heterocycles. The summed E-state index contributed by atoms with van der Waals surface area (Å²) in [7, 11) is 0. The predicted molar refractivity (Wildman–Crippen MR) is 115 cm³/mol. The third kappa shape index (κ3) is 3.36. The van der Waals surface area contributed by atoms with Crippen molar-refractivity contribution in [3.63, 3.8) is 0 Å². The highest BCUT2D eigenvalue weighted by atomic mass is 19.1. The summed E-state index contributed by atoms with van der Waals surface area (Å²) < 4.78 is 25.1. The van der Waals surface area contributed by atoms with E-state index in [4.69, 9.17) is 15.2 Å². The normalized spacial score (nSPS) is 18.2. The Labute approximate surface area is 183 Å². The molecule has 0 bridgehead atoms. The SMILES string of the molecule is N#CC1=C(N)OC2=C(C(=O)CCC2)C1c1cc2ccccc2nc1Oc1ccc(F)cc1. The van der Waals surface area contributed by atoms with Gasteiger partial charge in [0.1, 0.15) is 29.0 Å². The topological polar surface area (TPSA) is 98.2 Å². The van der Waals surface area contributed by atoms with Crippen LogP contribution in [0.1, 0.15) is 30.7 Å². The first kappa shape index (κ1) is 19.8. The lowest BCUT2D eigenvalue weighted by Gasteiger charge is -2.31. The van der Waals surface area contributed by atoms with Crippen molar-refractivity contribution >= 4 is 16.7 Å². The molecule has 7 heteroatoms. The summed E-state index contributed by atoms with van der Waals surface area (Å²) in [6, 6.07) is 17.0. The largest absolute Gasteiger partial charge is 0.444 e. The summed E-state index contributed by atoms with van der Waals surface area (Å²) in [6.07, 6.45) is 1.59. The maximum Gasteiger partial charge on any atom is 0.224 e. The Morgan fingerprint density at radius 2 is 1.94 bits per heavy atom. The Morgan fingerprint density at radius 3 is 2.72 bits per heavy atom. The molecule has 0 amide bonds. The second kappa shape index (κ2) is 7.82. The van der Waals surface area contributed by atoms with E-state index >= 15 is 0 Å². The molecule has 1 atom stereocenters. The van der Waals surface area contributed by atoms with Crippen LogP contribution in [0.25, 0.3) is 10.9 Å². The molecular weight excluding hydrogens is 409 g/mol. The molecule has 1 aromatic heterocycles. The lowest BCUT2D eigenvalue weighted by molar-refractivity contribution is -0.116. The number of allylic oxidation sites excluding steroid dienone is 3. The van der Waals surface area contributed by atoms with Crippen LogP contribution in [0.15, 0.2) is 77.4 Å². The number of benzene rings is 2. The van der Waals surface area contributed by atoms with Crippen LogP contribution in [-0.2, 0) is 9.53 Å². The Bertz CT molecular complexity index is 1350. The first-order chi connectivity index (χ1) is 15.5. The third-order valence-corrected chi connectivity index (χ3v) is 5.66. The predicted octanol–water partition coefficient (Wildman–Crippen LogP) is 4.98. The van der Waals surface area contributed by atoms with Crippen molar-refractivity contribution in [1.29, 1.82) is 5.26 Å². The third-order valence-electron chi connectivity index (χ3n) is 5.66. The van der Waals surface area contributed by atoms with Gasteiger partial charge in [-0.15, -0.1) is 0 Å². The van der Waals surface area contributed by atoms with Gasteiger partial charge in [0.25, 0.3) is 0 Å². The molecule has 0 spiro atoms. The Balaban J connectivity index is 1.74. The van der Waals surface area contributed by atoms with Gasteiger partial charge in [0.2, 0.25) is 11.8 Å². The molecule has 1 unspecified atom stereocenters. The van der Waals surface area contributed by atoms with E-state index in [1.54, 1.807) is 0 Å². The number of ether oxygens (including phenoxy) is 2. The van der Waals surface area contributed by atoms with Gasteiger partial charge in [-0.3, -0.25) is 4.79 Å². The van der Waals surface area contributed by atoms with Gasteiger partial charge in [-0.2, -0.15) is 5.26 Å². The summed E-state index contributed by atoms with van der Waals surface area (Å²) in [5.41, 5.74) is 7.85. The summed E-state index contributed by atoms with van der Waals surface area (Å²) >= 11 is 0. The van der Waals surface area contributed by atoms with Crippen molar-refractivity contribution in [3.8, 4) is 17.7 Å². The molecule has 0 saturated heterocycles. The Morgan fingerprint density at radius 1 is 1.16 bits per heavy atom. The van der Waals surface area contributed by atoms with Gasteiger partial charge in [0.15, 0.2) is 5.78 Å².